The molecule has 2 heterocycles. The van der Waals surface area contributed by atoms with E-state index in [1.54, 1.807) is 12.1 Å². The van der Waals surface area contributed by atoms with Gasteiger partial charge in [-0.25, -0.2) is 4.79 Å². The summed E-state index contributed by atoms with van der Waals surface area (Å²) in [5, 5.41) is 2.81. The molecule has 1 N–H and O–H groups in total. The summed E-state index contributed by atoms with van der Waals surface area (Å²) < 4.78 is 0.491. The van der Waals surface area contributed by atoms with Gasteiger partial charge in [0.25, 0.3) is 5.91 Å². The second-order valence-corrected chi connectivity index (χ2v) is 7.58. The average Bonchev–Trinajstić information content (AvgIpc) is 3.14. The van der Waals surface area contributed by atoms with E-state index in [0.29, 0.717) is 22.1 Å². The van der Waals surface area contributed by atoms with Crippen LogP contribution in [-0.2, 0) is 10.3 Å². The van der Waals surface area contributed by atoms with Crippen molar-refractivity contribution in [2.45, 2.75) is 25.3 Å². The highest BCUT2D eigenvalue weighted by molar-refractivity contribution is 7.18. The van der Waals surface area contributed by atoms with Gasteiger partial charge in [0.2, 0.25) is 0 Å². The Morgan fingerprint density at radius 1 is 1.20 bits per heavy atom. The number of carbonyl (C=O) groups is 3. The maximum atomic E-state index is 13.1. The molecule has 0 unspecified atom stereocenters. The Balaban J connectivity index is 1.89. The third-order valence-corrected chi connectivity index (χ3v) is 5.49. The fourth-order valence-electron chi connectivity index (χ4n) is 3.06. The van der Waals surface area contributed by atoms with Gasteiger partial charge >= 0.3 is 6.03 Å². The molecule has 130 valence electrons. The lowest BCUT2D eigenvalue weighted by Gasteiger charge is -2.26. The van der Waals surface area contributed by atoms with Crippen LogP contribution < -0.4 is 5.32 Å². The van der Waals surface area contributed by atoms with Crippen molar-refractivity contribution in [3.63, 3.8) is 0 Å². The minimum atomic E-state index is -1.11. The molecule has 0 aliphatic carbocycles. The van der Waals surface area contributed by atoms with Crippen LogP contribution >= 0.6 is 22.9 Å². The second kappa shape index (κ2) is 6.98. The second-order valence-electron chi connectivity index (χ2n) is 5.87. The zero-order chi connectivity index (χ0) is 18.0. The molecule has 1 aliphatic rings. The third kappa shape index (κ3) is 3.19. The van der Waals surface area contributed by atoms with Gasteiger partial charge in [-0.05, 0) is 24.1 Å². The molecule has 7 heteroatoms. The maximum Gasteiger partial charge on any atom is 0.325 e. The first-order valence-electron chi connectivity index (χ1n) is 7.96. The lowest BCUT2D eigenvalue weighted by atomic mass is 9.85. The molecule has 0 saturated carbocycles. The van der Waals surface area contributed by atoms with Gasteiger partial charge in [-0.1, -0.05) is 55.3 Å². The lowest BCUT2D eigenvalue weighted by Crippen LogP contribution is -2.44. The van der Waals surface area contributed by atoms with Crippen molar-refractivity contribution >= 4 is 40.7 Å². The summed E-state index contributed by atoms with van der Waals surface area (Å²) in [4.78, 5) is 39.3. The van der Waals surface area contributed by atoms with Crippen molar-refractivity contribution in [2.75, 3.05) is 6.54 Å². The molecule has 3 amide bonds. The summed E-state index contributed by atoms with van der Waals surface area (Å²) in [5.41, 5.74) is -0.384. The summed E-state index contributed by atoms with van der Waals surface area (Å²) in [6.07, 6.45) is 1.18. The standard InChI is InChI=1S/C18H17ClN2O3S/c1-2-10-18(12-6-4-3-5-7-12)16(23)21(17(24)20-18)11-13(22)14-8-9-15(19)25-14/h3-9H,2,10-11H2,1H3,(H,20,24)/t18-/m0/s1. The van der Waals surface area contributed by atoms with Crippen molar-refractivity contribution in [2.24, 2.45) is 0 Å². The Labute approximate surface area is 154 Å². The number of halogens is 1. The van der Waals surface area contributed by atoms with Gasteiger partial charge in [0, 0.05) is 0 Å². The van der Waals surface area contributed by atoms with Crippen LogP contribution in [0.1, 0.15) is 35.0 Å². The number of hydrogen-bond donors (Lipinski definition) is 1. The van der Waals surface area contributed by atoms with E-state index in [-0.39, 0.29) is 18.2 Å². The van der Waals surface area contributed by atoms with Crippen molar-refractivity contribution in [1.82, 2.24) is 10.2 Å². The Bertz CT molecular complexity index is 821. The summed E-state index contributed by atoms with van der Waals surface area (Å²) in [5.74, 6) is -0.692. The quantitative estimate of drug-likeness (QED) is 0.615. The topological polar surface area (TPSA) is 66.5 Å². The number of Topliss-reactive ketones (excluding diaryl/α,β-unsaturated/α-hetero) is 1. The van der Waals surface area contributed by atoms with E-state index in [2.05, 4.69) is 5.32 Å². The summed E-state index contributed by atoms with van der Waals surface area (Å²) >= 11 is 6.99. The van der Waals surface area contributed by atoms with Crippen molar-refractivity contribution in [3.05, 3.63) is 57.2 Å². The number of nitrogens with one attached hydrogen (secondary N) is 1. The molecule has 1 saturated heterocycles. The number of rotatable bonds is 6. The number of hydrogen-bond acceptors (Lipinski definition) is 4. The lowest BCUT2D eigenvalue weighted by molar-refractivity contribution is -0.131. The molecule has 0 radical (unpaired) electrons. The highest BCUT2D eigenvalue weighted by Crippen LogP contribution is 2.34. The molecular formula is C18H17ClN2O3S. The molecule has 3 rings (SSSR count). The number of carbonyl (C=O) groups excluding carboxylic acids is 3. The number of nitrogens with zero attached hydrogens (tertiary/aromatic N) is 1. The number of thiophene rings is 1. The van der Waals surface area contributed by atoms with Crippen LogP contribution in [0, 0.1) is 0 Å². The zero-order valence-electron chi connectivity index (χ0n) is 13.6. The molecule has 0 bridgehead atoms. The van der Waals surface area contributed by atoms with Gasteiger partial charge in [0.15, 0.2) is 5.78 Å². The monoisotopic (exact) mass is 376 g/mol. The Kier molecular flexibility index (Phi) is 4.92. The van der Waals surface area contributed by atoms with Crippen LogP contribution in [0.2, 0.25) is 4.34 Å². The minimum absolute atomic E-state index is 0.292. The van der Waals surface area contributed by atoms with Crippen LogP contribution in [0.25, 0.3) is 0 Å². The van der Waals surface area contributed by atoms with E-state index in [9.17, 15) is 14.4 Å². The highest BCUT2D eigenvalue weighted by atomic mass is 35.5. The van der Waals surface area contributed by atoms with Crippen LogP contribution in [-0.4, -0.2) is 29.2 Å². The Morgan fingerprint density at radius 2 is 1.92 bits per heavy atom. The van der Waals surface area contributed by atoms with Crippen LogP contribution in [0.15, 0.2) is 42.5 Å². The van der Waals surface area contributed by atoms with E-state index in [0.717, 1.165) is 21.8 Å². The summed E-state index contributed by atoms with van der Waals surface area (Å²) in [7, 11) is 0. The van der Waals surface area contributed by atoms with E-state index in [1.807, 2.05) is 37.3 Å². The minimum Gasteiger partial charge on any atom is -0.319 e. The number of amides is 3. The molecular weight excluding hydrogens is 360 g/mol. The van der Waals surface area contributed by atoms with Crippen molar-refractivity contribution in [1.29, 1.82) is 0 Å². The zero-order valence-corrected chi connectivity index (χ0v) is 15.2. The van der Waals surface area contributed by atoms with Crippen LogP contribution in [0.5, 0.6) is 0 Å². The normalized spacial score (nSPS) is 20.0. The molecule has 0 spiro atoms. The SMILES string of the molecule is CCC[C@@]1(c2ccccc2)NC(=O)N(CC(=O)c2ccc(Cl)s2)C1=O. The van der Waals surface area contributed by atoms with Gasteiger partial charge in [0.1, 0.15) is 5.54 Å². The first kappa shape index (κ1) is 17.6. The van der Waals surface area contributed by atoms with E-state index >= 15 is 0 Å². The number of ketones is 1. The van der Waals surface area contributed by atoms with E-state index < -0.39 is 11.6 Å². The van der Waals surface area contributed by atoms with Gasteiger partial charge in [0.05, 0.1) is 15.8 Å². The molecule has 1 aliphatic heterocycles. The molecule has 1 fully saturated rings. The fraction of sp³-hybridized carbons (Fsp3) is 0.278. The molecule has 25 heavy (non-hydrogen) atoms. The van der Waals surface area contributed by atoms with E-state index in [1.165, 1.54) is 0 Å². The number of urea groups is 1. The predicted molar refractivity (Wildman–Crippen MR) is 96.9 cm³/mol. The van der Waals surface area contributed by atoms with Gasteiger partial charge in [-0.3, -0.25) is 14.5 Å². The summed E-state index contributed by atoms with van der Waals surface area (Å²) in [6.45, 7) is 1.66. The van der Waals surface area contributed by atoms with Gasteiger partial charge in [-0.2, -0.15) is 0 Å². The Hall–Kier alpha value is -2.18. The molecule has 1 aromatic carbocycles. The fourth-order valence-corrected chi connectivity index (χ4v) is 4.04. The highest BCUT2D eigenvalue weighted by Gasteiger charge is 2.52. The molecule has 1 atom stereocenters. The van der Waals surface area contributed by atoms with E-state index in [4.69, 9.17) is 11.6 Å². The van der Waals surface area contributed by atoms with Crippen molar-refractivity contribution in [3.8, 4) is 0 Å². The van der Waals surface area contributed by atoms with Crippen molar-refractivity contribution < 1.29 is 14.4 Å². The maximum absolute atomic E-state index is 13.1. The Morgan fingerprint density at radius 3 is 2.52 bits per heavy atom. The largest absolute Gasteiger partial charge is 0.325 e. The number of benzene rings is 1. The average molecular weight is 377 g/mol. The van der Waals surface area contributed by atoms with Crippen LogP contribution in [0.4, 0.5) is 4.79 Å². The van der Waals surface area contributed by atoms with Gasteiger partial charge in [-0.15, -0.1) is 11.3 Å². The smallest absolute Gasteiger partial charge is 0.319 e. The first-order valence-corrected chi connectivity index (χ1v) is 9.15. The molecule has 2 aromatic rings. The number of imide groups is 1. The van der Waals surface area contributed by atoms with Crippen LogP contribution in [0.3, 0.4) is 0 Å². The molecule has 5 nitrogen and oxygen atoms in total. The first-order chi connectivity index (χ1) is 12.0. The predicted octanol–water partition coefficient (Wildman–Crippen LogP) is 3.83. The third-order valence-electron chi connectivity index (χ3n) is 4.22. The molecule has 1 aromatic heterocycles. The van der Waals surface area contributed by atoms with Gasteiger partial charge < -0.3 is 5.32 Å². The summed E-state index contributed by atoms with van der Waals surface area (Å²) in [6, 6.07) is 11.8.